The van der Waals surface area contributed by atoms with Gasteiger partial charge in [-0.05, 0) is 24.1 Å². The van der Waals surface area contributed by atoms with Crippen LogP contribution in [0.25, 0.3) is 0 Å². The quantitative estimate of drug-likeness (QED) is 0.648. The van der Waals surface area contributed by atoms with Gasteiger partial charge in [-0.15, -0.1) is 0 Å². The molecule has 2 rings (SSSR count). The molecular weight excluding hydrogens is 264 g/mol. The van der Waals surface area contributed by atoms with Crippen LogP contribution >= 0.6 is 11.6 Å². The summed E-state index contributed by atoms with van der Waals surface area (Å²) >= 11 is 6.13. The van der Waals surface area contributed by atoms with Gasteiger partial charge in [0.2, 0.25) is 0 Å². The predicted molar refractivity (Wildman–Crippen MR) is 75.0 cm³/mol. The van der Waals surface area contributed by atoms with E-state index in [1.54, 1.807) is 18.0 Å². The molecule has 0 aliphatic rings. The van der Waals surface area contributed by atoms with Gasteiger partial charge in [-0.1, -0.05) is 23.7 Å². The molecule has 2 aromatic rings. The van der Waals surface area contributed by atoms with E-state index in [0.29, 0.717) is 5.02 Å². The summed E-state index contributed by atoms with van der Waals surface area (Å²) in [4.78, 5) is 0. The SMILES string of the molecule is COc1ccc(CC(NN)c2c(Cl)cnn2C)cc1. The molecule has 1 heterocycles. The number of hydrazine groups is 1. The third-order valence-electron chi connectivity index (χ3n) is 3.07. The fraction of sp³-hybridized carbons (Fsp3) is 0.308. The van der Waals surface area contributed by atoms with Crippen molar-refractivity contribution in [3.05, 3.63) is 46.7 Å². The van der Waals surface area contributed by atoms with E-state index in [1.807, 2.05) is 31.3 Å². The highest BCUT2D eigenvalue weighted by Crippen LogP contribution is 2.25. The van der Waals surface area contributed by atoms with Gasteiger partial charge in [0.15, 0.2) is 0 Å². The molecular formula is C13H17ClN4O. The Labute approximate surface area is 117 Å². The minimum absolute atomic E-state index is 0.0894. The number of halogens is 1. The molecule has 0 fully saturated rings. The molecule has 0 saturated heterocycles. The number of hydrogen-bond acceptors (Lipinski definition) is 4. The zero-order chi connectivity index (χ0) is 13.8. The van der Waals surface area contributed by atoms with Crippen LogP contribution in [0, 0.1) is 0 Å². The molecule has 102 valence electrons. The number of nitrogens with two attached hydrogens (primary N) is 1. The maximum Gasteiger partial charge on any atom is 0.118 e. The Morgan fingerprint density at radius 1 is 1.42 bits per heavy atom. The van der Waals surface area contributed by atoms with E-state index in [9.17, 15) is 0 Å². The molecule has 0 saturated carbocycles. The summed E-state index contributed by atoms with van der Waals surface area (Å²) < 4.78 is 6.87. The highest BCUT2D eigenvalue weighted by atomic mass is 35.5. The standard InChI is InChI=1S/C13H17ClN4O/c1-18-13(11(14)8-16-18)12(17-15)7-9-3-5-10(19-2)6-4-9/h3-6,8,12,17H,7,15H2,1-2H3. The first-order valence-electron chi connectivity index (χ1n) is 5.92. The van der Waals surface area contributed by atoms with Gasteiger partial charge < -0.3 is 4.74 Å². The predicted octanol–water partition coefficient (Wildman–Crippen LogP) is 1.83. The molecule has 6 heteroatoms. The third-order valence-corrected chi connectivity index (χ3v) is 3.36. The lowest BCUT2D eigenvalue weighted by molar-refractivity contribution is 0.414. The highest BCUT2D eigenvalue weighted by molar-refractivity contribution is 6.31. The van der Waals surface area contributed by atoms with Crippen LogP contribution in [0.1, 0.15) is 17.3 Å². The number of nitrogens with zero attached hydrogens (tertiary/aromatic N) is 2. The second-order valence-electron chi connectivity index (χ2n) is 4.27. The summed E-state index contributed by atoms with van der Waals surface area (Å²) in [6, 6.07) is 7.77. The minimum atomic E-state index is -0.0894. The van der Waals surface area contributed by atoms with Crippen LogP contribution in [-0.4, -0.2) is 16.9 Å². The Balaban J connectivity index is 2.19. The molecule has 1 atom stereocenters. The van der Waals surface area contributed by atoms with E-state index < -0.39 is 0 Å². The Bertz CT molecular complexity index is 519. The van der Waals surface area contributed by atoms with Gasteiger partial charge in [0.25, 0.3) is 0 Å². The van der Waals surface area contributed by atoms with Crippen LogP contribution in [0.5, 0.6) is 5.75 Å². The molecule has 0 radical (unpaired) electrons. The molecule has 0 aliphatic carbocycles. The average molecular weight is 281 g/mol. The number of aryl methyl sites for hydroxylation is 1. The van der Waals surface area contributed by atoms with Crippen molar-refractivity contribution in [1.29, 1.82) is 0 Å². The molecule has 0 bridgehead atoms. The average Bonchev–Trinajstić information content (AvgIpc) is 2.76. The Morgan fingerprint density at radius 2 is 2.11 bits per heavy atom. The lowest BCUT2D eigenvalue weighted by atomic mass is 10.0. The normalized spacial score (nSPS) is 12.4. The number of aromatic nitrogens is 2. The van der Waals surface area contributed by atoms with Crippen LogP contribution in [0.3, 0.4) is 0 Å². The fourth-order valence-electron chi connectivity index (χ4n) is 2.04. The van der Waals surface area contributed by atoms with E-state index in [1.165, 1.54) is 0 Å². The number of methoxy groups -OCH3 is 1. The van der Waals surface area contributed by atoms with E-state index in [4.69, 9.17) is 22.2 Å². The van der Waals surface area contributed by atoms with Crippen LogP contribution in [-0.2, 0) is 13.5 Å². The van der Waals surface area contributed by atoms with Crippen molar-refractivity contribution < 1.29 is 4.74 Å². The molecule has 0 spiro atoms. The fourth-order valence-corrected chi connectivity index (χ4v) is 2.34. The summed E-state index contributed by atoms with van der Waals surface area (Å²) in [6.45, 7) is 0. The van der Waals surface area contributed by atoms with Gasteiger partial charge in [-0.2, -0.15) is 5.10 Å². The van der Waals surface area contributed by atoms with Crippen molar-refractivity contribution in [1.82, 2.24) is 15.2 Å². The van der Waals surface area contributed by atoms with E-state index in [0.717, 1.165) is 23.4 Å². The van der Waals surface area contributed by atoms with E-state index >= 15 is 0 Å². The first-order chi connectivity index (χ1) is 9.15. The zero-order valence-corrected chi connectivity index (χ0v) is 11.7. The number of benzene rings is 1. The van der Waals surface area contributed by atoms with Gasteiger partial charge in [-0.25, -0.2) is 0 Å². The van der Waals surface area contributed by atoms with Crippen molar-refractivity contribution in [2.45, 2.75) is 12.5 Å². The van der Waals surface area contributed by atoms with Crippen molar-refractivity contribution in [3.8, 4) is 5.75 Å². The smallest absolute Gasteiger partial charge is 0.118 e. The van der Waals surface area contributed by atoms with Gasteiger partial charge in [0.1, 0.15) is 5.75 Å². The molecule has 0 aliphatic heterocycles. The van der Waals surface area contributed by atoms with E-state index in [2.05, 4.69) is 10.5 Å². The molecule has 5 nitrogen and oxygen atoms in total. The molecule has 1 aromatic carbocycles. The van der Waals surface area contributed by atoms with Crippen molar-refractivity contribution >= 4 is 11.6 Å². The molecule has 0 amide bonds. The van der Waals surface area contributed by atoms with Gasteiger partial charge in [0, 0.05) is 7.05 Å². The summed E-state index contributed by atoms with van der Waals surface area (Å²) in [5.41, 5.74) is 4.80. The Hall–Kier alpha value is -1.56. The van der Waals surface area contributed by atoms with Crippen molar-refractivity contribution in [2.75, 3.05) is 7.11 Å². The van der Waals surface area contributed by atoms with Crippen LogP contribution in [0.15, 0.2) is 30.5 Å². The molecule has 1 unspecified atom stereocenters. The number of rotatable bonds is 5. The number of hydrogen-bond donors (Lipinski definition) is 2. The topological polar surface area (TPSA) is 65.1 Å². The van der Waals surface area contributed by atoms with Gasteiger partial charge in [0.05, 0.1) is 30.1 Å². The second-order valence-corrected chi connectivity index (χ2v) is 4.68. The maximum atomic E-state index is 6.13. The van der Waals surface area contributed by atoms with Crippen molar-refractivity contribution in [2.24, 2.45) is 12.9 Å². The van der Waals surface area contributed by atoms with E-state index in [-0.39, 0.29) is 6.04 Å². The monoisotopic (exact) mass is 280 g/mol. The van der Waals surface area contributed by atoms with Crippen LogP contribution in [0.2, 0.25) is 5.02 Å². The maximum absolute atomic E-state index is 6.13. The first-order valence-corrected chi connectivity index (χ1v) is 6.30. The number of nitrogens with one attached hydrogen (secondary N) is 1. The molecule has 1 aromatic heterocycles. The second kappa shape index (κ2) is 6.06. The Morgan fingerprint density at radius 3 is 2.58 bits per heavy atom. The Kier molecular flexibility index (Phi) is 4.42. The van der Waals surface area contributed by atoms with Gasteiger partial charge >= 0.3 is 0 Å². The lowest BCUT2D eigenvalue weighted by Gasteiger charge is -2.17. The number of ether oxygens (including phenoxy) is 1. The largest absolute Gasteiger partial charge is 0.497 e. The highest BCUT2D eigenvalue weighted by Gasteiger charge is 2.18. The molecule has 3 N–H and O–H groups in total. The summed E-state index contributed by atoms with van der Waals surface area (Å²) in [5.74, 6) is 6.46. The van der Waals surface area contributed by atoms with Gasteiger partial charge in [-0.3, -0.25) is 16.0 Å². The summed E-state index contributed by atoms with van der Waals surface area (Å²) in [6.07, 6.45) is 2.34. The third kappa shape index (κ3) is 3.07. The van der Waals surface area contributed by atoms with Crippen molar-refractivity contribution in [3.63, 3.8) is 0 Å². The van der Waals surface area contributed by atoms with Crippen LogP contribution in [0.4, 0.5) is 0 Å². The summed E-state index contributed by atoms with van der Waals surface area (Å²) in [7, 11) is 3.49. The molecule has 19 heavy (non-hydrogen) atoms. The summed E-state index contributed by atoms with van der Waals surface area (Å²) in [5, 5.41) is 4.73. The lowest BCUT2D eigenvalue weighted by Crippen LogP contribution is -2.31. The van der Waals surface area contributed by atoms with Crippen LogP contribution < -0.4 is 16.0 Å². The first kappa shape index (κ1) is 13.9. The minimum Gasteiger partial charge on any atom is -0.497 e. The zero-order valence-electron chi connectivity index (χ0n) is 10.9.